The average molecular weight is 321 g/mol. The Morgan fingerprint density at radius 3 is 2.35 bits per heavy atom. The minimum absolute atomic E-state index is 0.0485. The largest absolute Gasteiger partial charge is 0.433 e. The molecule has 0 amide bonds. The zero-order valence-electron chi connectivity index (χ0n) is 11.1. The van der Waals surface area contributed by atoms with Gasteiger partial charge >= 0.3 is 18.2 Å². The third-order valence-corrected chi connectivity index (χ3v) is 2.97. The molecule has 4 aromatic heterocycles. The second-order valence-electron chi connectivity index (χ2n) is 4.54. The number of rotatable bonds is 2. The second kappa shape index (κ2) is 4.66. The predicted octanol–water partition coefficient (Wildman–Crippen LogP) is 3.52. The van der Waals surface area contributed by atoms with Crippen molar-refractivity contribution in [2.75, 3.05) is 5.32 Å². The number of alkyl halides is 3. The lowest BCUT2D eigenvalue weighted by atomic mass is 10.3. The van der Waals surface area contributed by atoms with Gasteiger partial charge in [0.25, 0.3) is 0 Å². The Labute approximate surface area is 125 Å². The van der Waals surface area contributed by atoms with Crippen LogP contribution in [0.3, 0.4) is 0 Å². The molecule has 0 unspecified atom stereocenters. The molecule has 0 aliphatic carbocycles. The maximum atomic E-state index is 12.6. The molecule has 0 atom stereocenters. The van der Waals surface area contributed by atoms with E-state index in [-0.39, 0.29) is 23.1 Å². The van der Waals surface area contributed by atoms with Gasteiger partial charge in [-0.15, -0.1) is 0 Å². The molecule has 0 aromatic carbocycles. The van der Waals surface area contributed by atoms with Crippen LogP contribution in [0.1, 0.15) is 5.69 Å². The van der Waals surface area contributed by atoms with Crippen LogP contribution in [0.2, 0.25) is 0 Å². The standard InChI is InChI=1S/C13H6F3N5O2/c14-13(15,16)10-3-9-7(5-18-10)20-12(23-9)21-11-19-6-4-17-2-1-8(6)22-11/h1-5H,(H,19,20,21). The SMILES string of the molecule is FC(F)(F)c1cc2oc(Nc3nc4cnccc4o3)nc2cn1. The molecule has 0 saturated heterocycles. The van der Waals surface area contributed by atoms with Crippen LogP contribution in [-0.2, 0) is 6.18 Å². The minimum atomic E-state index is -4.55. The van der Waals surface area contributed by atoms with E-state index in [1.54, 1.807) is 12.3 Å². The van der Waals surface area contributed by atoms with Crippen molar-refractivity contribution in [1.82, 2.24) is 19.9 Å². The van der Waals surface area contributed by atoms with Crippen LogP contribution >= 0.6 is 0 Å². The van der Waals surface area contributed by atoms with Crippen LogP contribution in [0.5, 0.6) is 0 Å². The normalized spacial score (nSPS) is 12.1. The highest BCUT2D eigenvalue weighted by molar-refractivity contribution is 5.76. The van der Waals surface area contributed by atoms with E-state index in [2.05, 4.69) is 25.3 Å². The summed E-state index contributed by atoms with van der Waals surface area (Å²) in [5.74, 6) is 0. The van der Waals surface area contributed by atoms with E-state index >= 15 is 0 Å². The van der Waals surface area contributed by atoms with E-state index in [9.17, 15) is 13.2 Å². The molecular formula is C13H6F3N5O2. The van der Waals surface area contributed by atoms with E-state index in [4.69, 9.17) is 8.83 Å². The molecule has 0 fully saturated rings. The molecule has 0 aliphatic rings. The Hall–Kier alpha value is -3.17. The fourth-order valence-corrected chi connectivity index (χ4v) is 1.97. The lowest BCUT2D eigenvalue weighted by Crippen LogP contribution is -2.06. The van der Waals surface area contributed by atoms with Crippen LogP contribution in [-0.4, -0.2) is 19.9 Å². The summed E-state index contributed by atoms with van der Waals surface area (Å²) in [6.45, 7) is 0. The fourth-order valence-electron chi connectivity index (χ4n) is 1.97. The molecule has 0 spiro atoms. The number of hydrogen-bond donors (Lipinski definition) is 1. The highest BCUT2D eigenvalue weighted by atomic mass is 19.4. The zero-order valence-corrected chi connectivity index (χ0v) is 11.1. The van der Waals surface area contributed by atoms with Crippen molar-refractivity contribution in [3.8, 4) is 0 Å². The molecule has 0 radical (unpaired) electrons. The van der Waals surface area contributed by atoms with Crippen molar-refractivity contribution in [2.45, 2.75) is 6.18 Å². The molecular weight excluding hydrogens is 315 g/mol. The van der Waals surface area contributed by atoms with Gasteiger partial charge in [-0.2, -0.15) is 23.1 Å². The van der Waals surface area contributed by atoms with Crippen molar-refractivity contribution in [3.05, 3.63) is 36.4 Å². The second-order valence-corrected chi connectivity index (χ2v) is 4.54. The molecule has 116 valence electrons. The molecule has 4 rings (SSSR count). The number of halogens is 3. The maximum Gasteiger partial charge on any atom is 0.433 e. The lowest BCUT2D eigenvalue weighted by Gasteiger charge is -2.03. The molecule has 0 aliphatic heterocycles. The maximum absolute atomic E-state index is 12.6. The first-order valence-electron chi connectivity index (χ1n) is 6.30. The summed E-state index contributed by atoms with van der Waals surface area (Å²) in [6, 6.07) is 2.44. The number of nitrogens with zero attached hydrogens (tertiary/aromatic N) is 4. The number of anilines is 2. The van der Waals surface area contributed by atoms with Crippen LogP contribution in [0, 0.1) is 0 Å². The minimum Gasteiger partial charge on any atom is -0.423 e. The van der Waals surface area contributed by atoms with Crippen molar-refractivity contribution >= 4 is 34.2 Å². The molecule has 0 saturated carbocycles. The summed E-state index contributed by atoms with van der Waals surface area (Å²) in [6.07, 6.45) is -0.513. The Morgan fingerprint density at radius 1 is 0.957 bits per heavy atom. The summed E-state index contributed by atoms with van der Waals surface area (Å²) in [5.41, 5.74) is 0.0956. The van der Waals surface area contributed by atoms with Gasteiger partial charge in [-0.1, -0.05) is 0 Å². The van der Waals surface area contributed by atoms with Gasteiger partial charge in [0.2, 0.25) is 0 Å². The Kier molecular flexibility index (Phi) is 2.73. The molecule has 7 nitrogen and oxygen atoms in total. The van der Waals surface area contributed by atoms with Crippen molar-refractivity contribution in [2.24, 2.45) is 0 Å². The van der Waals surface area contributed by atoms with Gasteiger partial charge in [-0.3, -0.25) is 10.3 Å². The topological polar surface area (TPSA) is 89.9 Å². The van der Waals surface area contributed by atoms with Crippen LogP contribution in [0.4, 0.5) is 25.2 Å². The van der Waals surface area contributed by atoms with Gasteiger partial charge in [-0.25, -0.2) is 4.98 Å². The van der Waals surface area contributed by atoms with E-state index in [1.807, 2.05) is 0 Å². The first-order chi connectivity index (χ1) is 11.0. The van der Waals surface area contributed by atoms with Crippen LogP contribution in [0.25, 0.3) is 22.2 Å². The quantitative estimate of drug-likeness (QED) is 0.604. The number of hydrogen-bond acceptors (Lipinski definition) is 7. The number of nitrogens with one attached hydrogen (secondary N) is 1. The Bertz CT molecular complexity index is 975. The summed E-state index contributed by atoms with van der Waals surface area (Å²) in [4.78, 5) is 15.3. The molecule has 4 aromatic rings. The monoisotopic (exact) mass is 321 g/mol. The van der Waals surface area contributed by atoms with E-state index in [0.717, 1.165) is 12.3 Å². The first kappa shape index (κ1) is 13.5. The van der Waals surface area contributed by atoms with Crippen LogP contribution < -0.4 is 5.32 Å². The third kappa shape index (κ3) is 2.43. The highest BCUT2D eigenvalue weighted by Crippen LogP contribution is 2.30. The molecule has 0 bridgehead atoms. The lowest BCUT2D eigenvalue weighted by molar-refractivity contribution is -0.141. The van der Waals surface area contributed by atoms with E-state index < -0.39 is 11.9 Å². The fraction of sp³-hybridized carbons (Fsp3) is 0.0769. The number of oxazole rings is 2. The summed E-state index contributed by atoms with van der Waals surface area (Å²) < 4.78 is 48.5. The van der Waals surface area contributed by atoms with Gasteiger partial charge in [0.05, 0.1) is 12.4 Å². The smallest absolute Gasteiger partial charge is 0.423 e. The van der Waals surface area contributed by atoms with Gasteiger partial charge in [0, 0.05) is 18.3 Å². The van der Waals surface area contributed by atoms with E-state index in [1.165, 1.54) is 6.20 Å². The molecule has 23 heavy (non-hydrogen) atoms. The number of pyridine rings is 2. The Morgan fingerprint density at radius 2 is 1.65 bits per heavy atom. The molecule has 4 heterocycles. The number of aromatic nitrogens is 4. The predicted molar refractivity (Wildman–Crippen MR) is 71.9 cm³/mol. The molecule has 10 heteroatoms. The van der Waals surface area contributed by atoms with Crippen LogP contribution in [0.15, 0.2) is 39.6 Å². The van der Waals surface area contributed by atoms with Crippen molar-refractivity contribution < 1.29 is 22.0 Å². The Balaban J connectivity index is 1.68. The third-order valence-electron chi connectivity index (χ3n) is 2.97. The summed E-state index contributed by atoms with van der Waals surface area (Å²) in [5, 5.41) is 2.65. The van der Waals surface area contributed by atoms with Gasteiger partial charge in [-0.05, 0) is 0 Å². The van der Waals surface area contributed by atoms with Gasteiger partial charge < -0.3 is 8.83 Å². The van der Waals surface area contributed by atoms with E-state index in [0.29, 0.717) is 11.1 Å². The molecule has 1 N–H and O–H groups in total. The van der Waals surface area contributed by atoms with Gasteiger partial charge in [0.1, 0.15) is 16.7 Å². The highest BCUT2D eigenvalue weighted by Gasteiger charge is 2.33. The van der Waals surface area contributed by atoms with Gasteiger partial charge in [0.15, 0.2) is 11.2 Å². The van der Waals surface area contributed by atoms with Crippen molar-refractivity contribution in [1.29, 1.82) is 0 Å². The average Bonchev–Trinajstić information content (AvgIpc) is 3.07. The first-order valence-corrected chi connectivity index (χ1v) is 6.30. The zero-order chi connectivity index (χ0) is 16.0. The van der Waals surface area contributed by atoms with Crippen molar-refractivity contribution in [3.63, 3.8) is 0 Å². The number of fused-ring (bicyclic) bond motifs is 2. The summed E-state index contributed by atoms with van der Waals surface area (Å²) >= 11 is 0. The summed E-state index contributed by atoms with van der Waals surface area (Å²) in [7, 11) is 0.